The van der Waals surface area contributed by atoms with Crippen LogP contribution < -0.4 is 0 Å². The number of benzene rings is 2. The van der Waals surface area contributed by atoms with Crippen LogP contribution in [0.2, 0.25) is 0 Å². The summed E-state index contributed by atoms with van der Waals surface area (Å²) >= 11 is 0. The molecule has 29 heavy (non-hydrogen) atoms. The number of hydrogen-bond acceptors (Lipinski definition) is 4. The number of amides is 1. The summed E-state index contributed by atoms with van der Waals surface area (Å²) in [7, 11) is 0. The molecule has 1 saturated heterocycles. The van der Waals surface area contributed by atoms with Gasteiger partial charge in [0.1, 0.15) is 5.52 Å². The Kier molecular flexibility index (Phi) is 4.52. The molecule has 0 aliphatic carbocycles. The fourth-order valence-corrected chi connectivity index (χ4v) is 4.16. The largest absolute Gasteiger partial charge is 0.339 e. The summed E-state index contributed by atoms with van der Waals surface area (Å²) in [5.41, 5.74) is 5.53. The lowest BCUT2D eigenvalue weighted by Gasteiger charge is -2.32. The first-order chi connectivity index (χ1) is 14.3. The number of aromatic nitrogens is 4. The van der Waals surface area contributed by atoms with Gasteiger partial charge < -0.3 is 4.90 Å². The zero-order chi connectivity index (χ0) is 19.6. The highest BCUT2D eigenvalue weighted by molar-refractivity contribution is 6.04. The molecule has 5 rings (SSSR count). The average molecular weight is 383 g/mol. The van der Waals surface area contributed by atoms with Crippen LogP contribution in [-0.2, 0) is 0 Å². The second-order valence-electron chi connectivity index (χ2n) is 7.36. The molecule has 4 aromatic rings. The van der Waals surface area contributed by atoms with Gasteiger partial charge in [-0.25, -0.2) is 0 Å². The van der Waals surface area contributed by atoms with E-state index >= 15 is 0 Å². The number of fused-ring (bicyclic) bond motifs is 1. The number of likely N-dealkylation sites (tertiary alicyclic amines) is 1. The van der Waals surface area contributed by atoms with Crippen molar-refractivity contribution in [2.24, 2.45) is 0 Å². The van der Waals surface area contributed by atoms with Crippen LogP contribution in [0, 0.1) is 0 Å². The highest BCUT2D eigenvalue weighted by atomic mass is 16.2. The maximum Gasteiger partial charge on any atom is 0.256 e. The second-order valence-corrected chi connectivity index (χ2v) is 7.36. The highest BCUT2D eigenvalue weighted by Crippen LogP contribution is 2.34. The third-order valence-electron chi connectivity index (χ3n) is 5.67. The maximum atomic E-state index is 13.1. The van der Waals surface area contributed by atoms with E-state index in [0.29, 0.717) is 30.1 Å². The molecular formula is C23H21N5O. The Morgan fingerprint density at radius 3 is 2.59 bits per heavy atom. The van der Waals surface area contributed by atoms with E-state index in [1.807, 2.05) is 47.5 Å². The van der Waals surface area contributed by atoms with E-state index < -0.39 is 0 Å². The van der Waals surface area contributed by atoms with Crippen LogP contribution in [0.1, 0.15) is 34.8 Å². The van der Waals surface area contributed by atoms with Crippen molar-refractivity contribution < 1.29 is 4.79 Å². The number of nitrogens with zero attached hydrogens (tertiary/aromatic N) is 4. The van der Waals surface area contributed by atoms with Crippen LogP contribution in [0.3, 0.4) is 0 Å². The van der Waals surface area contributed by atoms with Gasteiger partial charge in [-0.1, -0.05) is 36.4 Å². The lowest BCUT2D eigenvalue weighted by atomic mass is 9.89. The standard InChI is InChI=1S/C23H21N5O/c29-23(18-7-4-8-20-22(18)25-12-11-24-20)28-13-9-17(10-14-28)21-19(15-26-27-21)16-5-2-1-3-6-16/h1-8,11-12,15,17H,9-10,13-14H2,(H,26,27). The number of aromatic amines is 1. The highest BCUT2D eigenvalue weighted by Gasteiger charge is 2.28. The van der Waals surface area contributed by atoms with Crippen LogP contribution in [0.5, 0.6) is 0 Å². The van der Waals surface area contributed by atoms with Gasteiger partial charge in [0.05, 0.1) is 17.3 Å². The first-order valence-corrected chi connectivity index (χ1v) is 9.89. The van der Waals surface area contributed by atoms with Gasteiger partial charge in [-0.2, -0.15) is 5.10 Å². The van der Waals surface area contributed by atoms with Gasteiger partial charge in [0.15, 0.2) is 0 Å². The molecule has 0 saturated carbocycles. The molecule has 0 bridgehead atoms. The van der Waals surface area contributed by atoms with E-state index in [0.717, 1.165) is 23.9 Å². The number of hydrogen-bond donors (Lipinski definition) is 1. The monoisotopic (exact) mass is 383 g/mol. The molecule has 2 aromatic carbocycles. The van der Waals surface area contributed by atoms with E-state index in [4.69, 9.17) is 0 Å². The van der Waals surface area contributed by atoms with Crippen molar-refractivity contribution >= 4 is 16.9 Å². The van der Waals surface area contributed by atoms with Crippen LogP contribution >= 0.6 is 0 Å². The number of H-pyrrole nitrogens is 1. The average Bonchev–Trinajstić information content (AvgIpc) is 3.29. The minimum Gasteiger partial charge on any atom is -0.339 e. The van der Waals surface area contributed by atoms with Gasteiger partial charge in [0, 0.05) is 42.7 Å². The van der Waals surface area contributed by atoms with Crippen molar-refractivity contribution in [3.8, 4) is 11.1 Å². The van der Waals surface area contributed by atoms with Crippen molar-refractivity contribution in [1.29, 1.82) is 0 Å². The summed E-state index contributed by atoms with van der Waals surface area (Å²) in [6, 6.07) is 15.9. The van der Waals surface area contributed by atoms with Crippen molar-refractivity contribution in [3.05, 3.63) is 78.4 Å². The molecule has 6 nitrogen and oxygen atoms in total. The molecule has 1 amide bonds. The molecule has 0 unspecified atom stereocenters. The summed E-state index contributed by atoms with van der Waals surface area (Å²) in [6.45, 7) is 1.43. The van der Waals surface area contributed by atoms with E-state index in [1.165, 1.54) is 11.3 Å². The molecule has 144 valence electrons. The lowest BCUT2D eigenvalue weighted by Crippen LogP contribution is -2.38. The Hall–Kier alpha value is -3.54. The molecule has 2 aromatic heterocycles. The Morgan fingerprint density at radius 2 is 1.76 bits per heavy atom. The molecular weight excluding hydrogens is 362 g/mol. The summed E-state index contributed by atoms with van der Waals surface area (Å²) in [6.07, 6.45) is 7.00. The quantitative estimate of drug-likeness (QED) is 0.579. The number of piperidine rings is 1. The van der Waals surface area contributed by atoms with Gasteiger partial charge >= 0.3 is 0 Å². The maximum absolute atomic E-state index is 13.1. The number of carbonyl (C=O) groups is 1. The third kappa shape index (κ3) is 3.27. The van der Waals surface area contributed by atoms with Crippen molar-refractivity contribution in [2.75, 3.05) is 13.1 Å². The first-order valence-electron chi connectivity index (χ1n) is 9.89. The fourth-order valence-electron chi connectivity index (χ4n) is 4.16. The molecule has 0 atom stereocenters. The molecule has 3 heterocycles. The smallest absolute Gasteiger partial charge is 0.256 e. The number of para-hydroxylation sites is 1. The molecule has 0 spiro atoms. The number of nitrogens with one attached hydrogen (secondary N) is 1. The van der Waals surface area contributed by atoms with E-state index in [1.54, 1.807) is 12.4 Å². The molecule has 1 aliphatic rings. The fraction of sp³-hybridized carbons (Fsp3) is 0.217. The lowest BCUT2D eigenvalue weighted by molar-refractivity contribution is 0.0714. The third-order valence-corrected chi connectivity index (χ3v) is 5.67. The van der Waals surface area contributed by atoms with Crippen LogP contribution in [0.25, 0.3) is 22.2 Å². The summed E-state index contributed by atoms with van der Waals surface area (Å²) in [5, 5.41) is 7.49. The van der Waals surface area contributed by atoms with Gasteiger partial charge in [0.2, 0.25) is 0 Å². The summed E-state index contributed by atoms with van der Waals surface area (Å²) < 4.78 is 0. The first kappa shape index (κ1) is 17.6. The Morgan fingerprint density at radius 1 is 0.966 bits per heavy atom. The van der Waals surface area contributed by atoms with Gasteiger partial charge in [0.25, 0.3) is 5.91 Å². The Bertz CT molecular complexity index is 1140. The van der Waals surface area contributed by atoms with Crippen molar-refractivity contribution in [1.82, 2.24) is 25.1 Å². The van der Waals surface area contributed by atoms with Crippen LogP contribution in [-0.4, -0.2) is 44.1 Å². The van der Waals surface area contributed by atoms with E-state index in [9.17, 15) is 4.79 Å². The molecule has 1 aliphatic heterocycles. The summed E-state index contributed by atoms with van der Waals surface area (Å²) in [5.74, 6) is 0.395. The second kappa shape index (κ2) is 7.47. The summed E-state index contributed by atoms with van der Waals surface area (Å²) in [4.78, 5) is 23.7. The normalized spacial score (nSPS) is 15.0. The Labute approximate surface area is 168 Å². The SMILES string of the molecule is O=C(c1cccc2nccnc12)N1CCC(c2[nH]ncc2-c2ccccc2)CC1. The van der Waals surface area contributed by atoms with E-state index in [-0.39, 0.29) is 5.91 Å². The molecule has 6 heteroatoms. The predicted molar refractivity (Wildman–Crippen MR) is 111 cm³/mol. The number of carbonyl (C=O) groups excluding carboxylic acids is 1. The minimum absolute atomic E-state index is 0.0300. The van der Waals surface area contributed by atoms with Crippen molar-refractivity contribution in [3.63, 3.8) is 0 Å². The van der Waals surface area contributed by atoms with Crippen molar-refractivity contribution in [2.45, 2.75) is 18.8 Å². The molecule has 1 fully saturated rings. The van der Waals surface area contributed by atoms with Gasteiger partial charge in [-0.3, -0.25) is 19.9 Å². The molecule has 0 radical (unpaired) electrons. The zero-order valence-electron chi connectivity index (χ0n) is 16.0. The Balaban J connectivity index is 1.34. The topological polar surface area (TPSA) is 74.8 Å². The van der Waals surface area contributed by atoms with Gasteiger partial charge in [-0.05, 0) is 30.5 Å². The molecule has 1 N–H and O–H groups in total. The zero-order valence-corrected chi connectivity index (χ0v) is 16.0. The minimum atomic E-state index is 0.0300. The van der Waals surface area contributed by atoms with Crippen LogP contribution in [0.15, 0.2) is 67.1 Å². The predicted octanol–water partition coefficient (Wildman–Crippen LogP) is 4.04. The van der Waals surface area contributed by atoms with E-state index in [2.05, 4.69) is 32.3 Å². The van der Waals surface area contributed by atoms with Gasteiger partial charge in [-0.15, -0.1) is 0 Å². The van der Waals surface area contributed by atoms with Crippen LogP contribution in [0.4, 0.5) is 0 Å². The number of rotatable bonds is 3.